The molecule has 1 heterocycles. The molecular formula is C14H23NO2S. The molecule has 0 aliphatic carbocycles. The molecule has 0 bridgehead atoms. The van der Waals surface area contributed by atoms with Gasteiger partial charge in [-0.3, -0.25) is 4.90 Å². The van der Waals surface area contributed by atoms with Crippen LogP contribution in [0.2, 0.25) is 0 Å². The molecule has 0 unspecified atom stereocenters. The maximum atomic E-state index is 11.2. The Kier molecular flexibility index (Phi) is 6.36. The molecule has 1 aromatic rings. The van der Waals surface area contributed by atoms with Crippen molar-refractivity contribution in [3.63, 3.8) is 0 Å². The molecule has 1 aliphatic heterocycles. The van der Waals surface area contributed by atoms with E-state index in [1.807, 2.05) is 18.2 Å². The molecule has 0 spiro atoms. The van der Waals surface area contributed by atoms with Gasteiger partial charge in [0.25, 0.3) is 0 Å². The Labute approximate surface area is 111 Å². The molecule has 0 radical (unpaired) electrons. The first-order chi connectivity index (χ1) is 8.57. The van der Waals surface area contributed by atoms with Crippen molar-refractivity contribution in [1.82, 2.24) is 4.90 Å². The number of benzene rings is 1. The fourth-order valence-electron chi connectivity index (χ4n) is 1.75. The summed E-state index contributed by atoms with van der Waals surface area (Å²) in [6.07, 6.45) is 1.25. The lowest BCUT2D eigenvalue weighted by Gasteiger charge is -2.26. The minimum Gasteiger partial charge on any atom is -0.297 e. The zero-order valence-corrected chi connectivity index (χ0v) is 12.1. The first-order valence-corrected chi connectivity index (χ1v) is 8.36. The third-order valence-corrected chi connectivity index (χ3v) is 4.30. The summed E-state index contributed by atoms with van der Waals surface area (Å²) in [5.41, 5.74) is 1.25. The highest BCUT2D eigenvalue weighted by atomic mass is 32.2. The molecule has 3 nitrogen and oxygen atoms in total. The average molecular weight is 269 g/mol. The van der Waals surface area contributed by atoms with Crippen LogP contribution < -0.4 is 0 Å². The fourth-order valence-corrected chi connectivity index (χ4v) is 3.03. The van der Waals surface area contributed by atoms with Gasteiger partial charge < -0.3 is 0 Å². The van der Waals surface area contributed by atoms with Crippen molar-refractivity contribution in [2.24, 2.45) is 0 Å². The van der Waals surface area contributed by atoms with Crippen molar-refractivity contribution in [2.75, 3.05) is 24.6 Å². The predicted molar refractivity (Wildman–Crippen MR) is 76.3 cm³/mol. The molecule has 0 atom stereocenters. The smallest absolute Gasteiger partial charge is 0.152 e. The van der Waals surface area contributed by atoms with Crippen LogP contribution in [0, 0.1) is 0 Å². The molecular weight excluding hydrogens is 246 g/mol. The first kappa shape index (κ1) is 15.2. The molecule has 1 fully saturated rings. The van der Waals surface area contributed by atoms with Crippen molar-refractivity contribution in [3.05, 3.63) is 35.9 Å². The number of sulfone groups is 1. The Bertz CT molecular complexity index is 414. The standard InChI is InChI=1S/C11H15NO2S.C3H8/c13-15(14)8-6-12(7-9-15)10-11-4-2-1-3-5-11;1-3-2/h1-5H,6-10H2;3H2,1-2H3. The lowest BCUT2D eigenvalue weighted by Crippen LogP contribution is -2.39. The summed E-state index contributed by atoms with van der Waals surface area (Å²) < 4.78 is 22.4. The Hall–Kier alpha value is -0.870. The fraction of sp³-hybridized carbons (Fsp3) is 0.571. The predicted octanol–water partition coefficient (Wildman–Crippen LogP) is 2.33. The summed E-state index contributed by atoms with van der Waals surface area (Å²) in [4.78, 5) is 2.19. The molecule has 102 valence electrons. The van der Waals surface area contributed by atoms with Crippen LogP contribution >= 0.6 is 0 Å². The lowest BCUT2D eigenvalue weighted by molar-refractivity contribution is 0.287. The van der Waals surface area contributed by atoms with E-state index in [4.69, 9.17) is 0 Å². The second-order valence-corrected chi connectivity index (χ2v) is 6.92. The normalized spacial score (nSPS) is 18.8. The minimum absolute atomic E-state index is 0.305. The molecule has 2 rings (SSSR count). The van der Waals surface area contributed by atoms with E-state index in [-0.39, 0.29) is 0 Å². The highest BCUT2D eigenvalue weighted by Gasteiger charge is 2.21. The summed E-state index contributed by atoms with van der Waals surface area (Å²) in [5.74, 6) is 0.611. The van der Waals surface area contributed by atoms with Crippen LogP contribution in [-0.2, 0) is 16.4 Å². The van der Waals surface area contributed by atoms with Crippen LogP contribution in [0.4, 0.5) is 0 Å². The van der Waals surface area contributed by atoms with E-state index in [0.717, 1.165) is 6.54 Å². The van der Waals surface area contributed by atoms with Gasteiger partial charge >= 0.3 is 0 Å². The minimum atomic E-state index is -2.75. The highest BCUT2D eigenvalue weighted by molar-refractivity contribution is 7.91. The number of hydrogen-bond donors (Lipinski definition) is 0. The number of nitrogens with zero attached hydrogens (tertiary/aromatic N) is 1. The van der Waals surface area contributed by atoms with Crippen LogP contribution in [0.15, 0.2) is 30.3 Å². The van der Waals surface area contributed by atoms with Gasteiger partial charge in [0, 0.05) is 19.6 Å². The quantitative estimate of drug-likeness (QED) is 0.827. The Balaban J connectivity index is 0.000000492. The molecule has 0 saturated carbocycles. The van der Waals surface area contributed by atoms with Gasteiger partial charge in [-0.15, -0.1) is 0 Å². The highest BCUT2D eigenvalue weighted by Crippen LogP contribution is 2.09. The van der Waals surface area contributed by atoms with Gasteiger partial charge in [0.2, 0.25) is 0 Å². The van der Waals surface area contributed by atoms with Crippen molar-refractivity contribution >= 4 is 9.84 Å². The van der Waals surface area contributed by atoms with Crippen LogP contribution in [0.3, 0.4) is 0 Å². The third kappa shape index (κ3) is 5.65. The van der Waals surface area contributed by atoms with E-state index in [9.17, 15) is 8.42 Å². The Morgan fingerprint density at radius 3 is 2.06 bits per heavy atom. The average Bonchev–Trinajstić information content (AvgIpc) is 2.34. The van der Waals surface area contributed by atoms with Gasteiger partial charge in [0.1, 0.15) is 0 Å². The SMILES string of the molecule is CCC.O=S1(=O)CCN(Cc2ccccc2)CC1. The second-order valence-electron chi connectivity index (χ2n) is 4.62. The summed E-state index contributed by atoms with van der Waals surface area (Å²) in [5, 5.41) is 0. The summed E-state index contributed by atoms with van der Waals surface area (Å²) in [6.45, 7) is 6.44. The molecule has 1 aliphatic rings. The Morgan fingerprint density at radius 1 is 1.06 bits per heavy atom. The third-order valence-electron chi connectivity index (χ3n) is 2.69. The zero-order valence-electron chi connectivity index (χ0n) is 11.3. The van der Waals surface area contributed by atoms with Gasteiger partial charge in [-0.1, -0.05) is 50.6 Å². The van der Waals surface area contributed by atoms with Crippen LogP contribution in [0.25, 0.3) is 0 Å². The molecule has 0 N–H and O–H groups in total. The molecule has 4 heteroatoms. The monoisotopic (exact) mass is 269 g/mol. The lowest BCUT2D eigenvalue weighted by atomic mass is 10.2. The summed E-state index contributed by atoms with van der Waals surface area (Å²) >= 11 is 0. The van der Waals surface area contributed by atoms with Crippen molar-refractivity contribution in [2.45, 2.75) is 26.8 Å². The molecule has 18 heavy (non-hydrogen) atoms. The molecule has 0 amide bonds. The zero-order chi connectivity index (χ0) is 13.4. The summed E-state index contributed by atoms with van der Waals surface area (Å²) in [7, 11) is -2.75. The molecule has 1 aromatic carbocycles. The van der Waals surface area contributed by atoms with Crippen LogP contribution in [-0.4, -0.2) is 37.9 Å². The van der Waals surface area contributed by atoms with E-state index in [1.54, 1.807) is 0 Å². The maximum absolute atomic E-state index is 11.2. The van der Waals surface area contributed by atoms with Gasteiger partial charge in [-0.25, -0.2) is 8.42 Å². The second kappa shape index (κ2) is 7.54. The van der Waals surface area contributed by atoms with E-state index >= 15 is 0 Å². The van der Waals surface area contributed by atoms with E-state index in [2.05, 4.69) is 30.9 Å². The largest absolute Gasteiger partial charge is 0.297 e. The first-order valence-electron chi connectivity index (χ1n) is 6.54. The summed E-state index contributed by atoms with van der Waals surface area (Å²) in [6, 6.07) is 10.2. The van der Waals surface area contributed by atoms with Crippen molar-refractivity contribution < 1.29 is 8.42 Å². The van der Waals surface area contributed by atoms with Gasteiger partial charge in [0.05, 0.1) is 11.5 Å². The van der Waals surface area contributed by atoms with Gasteiger partial charge in [-0.2, -0.15) is 0 Å². The molecule has 1 saturated heterocycles. The molecule has 0 aromatic heterocycles. The number of hydrogen-bond acceptors (Lipinski definition) is 3. The van der Waals surface area contributed by atoms with E-state index in [1.165, 1.54) is 12.0 Å². The van der Waals surface area contributed by atoms with E-state index < -0.39 is 9.84 Å². The topological polar surface area (TPSA) is 37.4 Å². The van der Waals surface area contributed by atoms with E-state index in [0.29, 0.717) is 24.6 Å². The van der Waals surface area contributed by atoms with Gasteiger partial charge in [0.15, 0.2) is 9.84 Å². The van der Waals surface area contributed by atoms with Crippen molar-refractivity contribution in [1.29, 1.82) is 0 Å². The maximum Gasteiger partial charge on any atom is 0.152 e. The van der Waals surface area contributed by atoms with Crippen LogP contribution in [0.1, 0.15) is 25.8 Å². The number of rotatable bonds is 2. The van der Waals surface area contributed by atoms with Crippen LogP contribution in [0.5, 0.6) is 0 Å². The van der Waals surface area contributed by atoms with Crippen molar-refractivity contribution in [3.8, 4) is 0 Å². The Morgan fingerprint density at radius 2 is 1.56 bits per heavy atom. The van der Waals surface area contributed by atoms with Gasteiger partial charge in [-0.05, 0) is 5.56 Å².